The molecule has 1 aromatic heterocycles. The molecule has 0 saturated carbocycles. The third-order valence-electron chi connectivity index (χ3n) is 1.80. The summed E-state index contributed by atoms with van der Waals surface area (Å²) in [5.41, 5.74) is 0.00381. The molecule has 0 aliphatic carbocycles. The Morgan fingerprint density at radius 3 is 3.06 bits per heavy atom. The standard InChI is InChI=1S/C8H12N4O4/c1-16-4-2-3-9-8(13)6-5-7(11-10-6)12(14)15/h5H,2-4H2,1H3,(H,9,13)(H,10,11). The van der Waals surface area contributed by atoms with Crippen LogP contribution in [0.15, 0.2) is 6.07 Å². The molecule has 0 radical (unpaired) electrons. The molecule has 0 atom stereocenters. The first kappa shape index (κ1) is 12.1. The first-order valence-corrected chi connectivity index (χ1v) is 4.62. The number of aromatic nitrogens is 2. The van der Waals surface area contributed by atoms with Gasteiger partial charge in [0.2, 0.25) is 0 Å². The van der Waals surface area contributed by atoms with Gasteiger partial charge in [0.05, 0.1) is 6.07 Å². The molecule has 0 bridgehead atoms. The van der Waals surface area contributed by atoms with Crippen molar-refractivity contribution in [2.24, 2.45) is 0 Å². The zero-order valence-electron chi connectivity index (χ0n) is 8.73. The monoisotopic (exact) mass is 228 g/mol. The summed E-state index contributed by atoms with van der Waals surface area (Å²) in [6.45, 7) is 0.980. The van der Waals surface area contributed by atoms with Gasteiger partial charge in [0.25, 0.3) is 5.91 Å². The number of methoxy groups -OCH3 is 1. The fourth-order valence-electron chi connectivity index (χ4n) is 1.03. The predicted octanol–water partition coefficient (Wildman–Crippen LogP) is 0.0842. The van der Waals surface area contributed by atoms with Crippen LogP contribution in [0.3, 0.4) is 0 Å². The van der Waals surface area contributed by atoms with Gasteiger partial charge in [0.15, 0.2) is 5.69 Å². The van der Waals surface area contributed by atoms with Gasteiger partial charge in [0, 0.05) is 20.3 Å². The van der Waals surface area contributed by atoms with Crippen molar-refractivity contribution in [2.45, 2.75) is 6.42 Å². The maximum Gasteiger partial charge on any atom is 0.343 e. The lowest BCUT2D eigenvalue weighted by Gasteiger charge is -2.00. The number of aromatic amines is 1. The number of H-pyrrole nitrogens is 1. The lowest BCUT2D eigenvalue weighted by molar-refractivity contribution is -0.389. The largest absolute Gasteiger partial charge is 0.385 e. The molecule has 0 aromatic carbocycles. The maximum atomic E-state index is 11.4. The molecule has 88 valence electrons. The molecule has 2 N–H and O–H groups in total. The second-order valence-corrected chi connectivity index (χ2v) is 3.00. The molecule has 1 amide bonds. The van der Waals surface area contributed by atoms with E-state index < -0.39 is 10.8 Å². The molecule has 8 heteroatoms. The second-order valence-electron chi connectivity index (χ2n) is 3.00. The van der Waals surface area contributed by atoms with Gasteiger partial charge < -0.3 is 20.2 Å². The van der Waals surface area contributed by atoms with E-state index in [0.717, 1.165) is 6.07 Å². The number of carbonyl (C=O) groups is 1. The van der Waals surface area contributed by atoms with Crippen molar-refractivity contribution in [1.29, 1.82) is 0 Å². The number of ether oxygens (including phenoxy) is 1. The molecule has 0 aliphatic rings. The second kappa shape index (κ2) is 5.81. The average Bonchev–Trinajstić information content (AvgIpc) is 2.73. The Morgan fingerprint density at radius 1 is 1.75 bits per heavy atom. The lowest BCUT2D eigenvalue weighted by Crippen LogP contribution is -2.25. The molecule has 0 unspecified atom stereocenters. The zero-order valence-corrected chi connectivity index (χ0v) is 8.73. The van der Waals surface area contributed by atoms with Gasteiger partial charge >= 0.3 is 5.82 Å². The summed E-state index contributed by atoms with van der Waals surface area (Å²) in [4.78, 5) is 21.1. The van der Waals surface area contributed by atoms with Gasteiger partial charge in [-0.05, 0) is 11.3 Å². The van der Waals surface area contributed by atoms with Crippen LogP contribution < -0.4 is 5.32 Å². The molecule has 8 nitrogen and oxygen atoms in total. The van der Waals surface area contributed by atoms with Gasteiger partial charge in [-0.25, -0.2) is 0 Å². The fraction of sp³-hybridized carbons (Fsp3) is 0.500. The number of carbonyl (C=O) groups excluding carboxylic acids is 1. The van der Waals surface area contributed by atoms with Crippen LogP contribution >= 0.6 is 0 Å². The predicted molar refractivity (Wildman–Crippen MR) is 54.1 cm³/mol. The van der Waals surface area contributed by atoms with E-state index in [1.807, 2.05) is 0 Å². The third kappa shape index (κ3) is 3.31. The highest BCUT2D eigenvalue weighted by atomic mass is 16.6. The topological polar surface area (TPSA) is 110 Å². The van der Waals surface area contributed by atoms with E-state index >= 15 is 0 Å². The highest BCUT2D eigenvalue weighted by Gasteiger charge is 2.15. The Hall–Kier alpha value is -1.96. The van der Waals surface area contributed by atoms with Crippen molar-refractivity contribution < 1.29 is 14.5 Å². The molecule has 1 aromatic rings. The average molecular weight is 228 g/mol. The molecule has 16 heavy (non-hydrogen) atoms. The van der Waals surface area contributed by atoms with Crippen LogP contribution in [0.4, 0.5) is 5.82 Å². The first-order valence-electron chi connectivity index (χ1n) is 4.62. The Kier molecular flexibility index (Phi) is 4.40. The van der Waals surface area contributed by atoms with Crippen LogP contribution in [-0.2, 0) is 4.74 Å². The number of nitrogens with zero attached hydrogens (tertiary/aromatic N) is 2. The van der Waals surface area contributed by atoms with E-state index in [0.29, 0.717) is 19.6 Å². The first-order chi connectivity index (χ1) is 7.65. The van der Waals surface area contributed by atoms with Crippen LogP contribution in [0, 0.1) is 10.1 Å². The Bertz CT molecular complexity index is 376. The normalized spacial score (nSPS) is 10.1. The lowest BCUT2D eigenvalue weighted by atomic mass is 10.3. The molecule has 0 saturated heterocycles. The smallest absolute Gasteiger partial charge is 0.343 e. The number of hydrogen-bond acceptors (Lipinski definition) is 5. The summed E-state index contributed by atoms with van der Waals surface area (Å²) < 4.78 is 4.80. The fourth-order valence-corrected chi connectivity index (χ4v) is 1.03. The van der Waals surface area contributed by atoms with E-state index in [-0.39, 0.29) is 11.5 Å². The molecule has 0 aliphatic heterocycles. The van der Waals surface area contributed by atoms with E-state index in [2.05, 4.69) is 15.5 Å². The number of nitrogens with one attached hydrogen (secondary N) is 2. The summed E-state index contributed by atoms with van der Waals surface area (Å²) in [6.07, 6.45) is 0.675. The summed E-state index contributed by atoms with van der Waals surface area (Å²) in [5.74, 6) is -0.748. The quantitative estimate of drug-likeness (QED) is 0.407. The van der Waals surface area contributed by atoms with Gasteiger partial charge in [-0.15, -0.1) is 5.10 Å². The van der Waals surface area contributed by atoms with Crippen molar-refractivity contribution in [1.82, 2.24) is 15.5 Å². The van der Waals surface area contributed by atoms with Crippen molar-refractivity contribution in [3.05, 3.63) is 21.9 Å². The van der Waals surface area contributed by atoms with E-state index in [4.69, 9.17) is 4.74 Å². The van der Waals surface area contributed by atoms with Crippen LogP contribution in [-0.4, -0.2) is 41.3 Å². The van der Waals surface area contributed by atoms with Crippen LogP contribution in [0.5, 0.6) is 0 Å². The van der Waals surface area contributed by atoms with Gasteiger partial charge in [-0.3, -0.25) is 4.79 Å². The van der Waals surface area contributed by atoms with E-state index in [1.165, 1.54) is 0 Å². The SMILES string of the molecule is COCCCNC(=O)c1cc([N+](=O)[O-])[nH]n1. The van der Waals surface area contributed by atoms with Crippen LogP contribution in [0.1, 0.15) is 16.9 Å². The summed E-state index contributed by atoms with van der Waals surface area (Å²) >= 11 is 0. The molecule has 0 spiro atoms. The molecular formula is C8H12N4O4. The van der Waals surface area contributed by atoms with Crippen molar-refractivity contribution >= 4 is 11.7 Å². The summed E-state index contributed by atoms with van der Waals surface area (Å²) in [5, 5.41) is 18.6. The van der Waals surface area contributed by atoms with Gasteiger partial charge in [0.1, 0.15) is 0 Å². The Morgan fingerprint density at radius 2 is 2.50 bits per heavy atom. The summed E-state index contributed by atoms with van der Waals surface area (Å²) in [7, 11) is 1.57. The van der Waals surface area contributed by atoms with Crippen molar-refractivity contribution in [2.75, 3.05) is 20.3 Å². The van der Waals surface area contributed by atoms with Gasteiger partial charge in [-0.1, -0.05) is 5.10 Å². The van der Waals surface area contributed by atoms with E-state index in [9.17, 15) is 14.9 Å². The minimum Gasteiger partial charge on any atom is -0.385 e. The minimum absolute atomic E-state index is 0.00381. The number of nitro groups is 1. The zero-order chi connectivity index (χ0) is 12.0. The Labute approximate surface area is 91.1 Å². The summed E-state index contributed by atoms with van der Waals surface area (Å²) in [6, 6.07) is 1.09. The van der Waals surface area contributed by atoms with Crippen LogP contribution in [0.25, 0.3) is 0 Å². The van der Waals surface area contributed by atoms with Crippen molar-refractivity contribution in [3.63, 3.8) is 0 Å². The molecule has 1 heterocycles. The van der Waals surface area contributed by atoms with Crippen molar-refractivity contribution in [3.8, 4) is 0 Å². The minimum atomic E-state index is -0.644. The number of amides is 1. The highest BCUT2D eigenvalue weighted by Crippen LogP contribution is 2.07. The third-order valence-corrected chi connectivity index (χ3v) is 1.80. The Balaban J connectivity index is 2.43. The van der Waals surface area contributed by atoms with Gasteiger partial charge in [-0.2, -0.15) is 0 Å². The van der Waals surface area contributed by atoms with Crippen LogP contribution in [0.2, 0.25) is 0 Å². The molecule has 1 rings (SSSR count). The van der Waals surface area contributed by atoms with E-state index in [1.54, 1.807) is 7.11 Å². The number of hydrogen-bond donors (Lipinski definition) is 2. The highest BCUT2D eigenvalue weighted by molar-refractivity contribution is 5.92. The molecule has 0 fully saturated rings. The maximum absolute atomic E-state index is 11.4. The number of rotatable bonds is 6. The molecular weight excluding hydrogens is 216 g/mol.